The fourth-order valence-electron chi connectivity index (χ4n) is 5.62. The number of aromatic hydroxyl groups is 1. The summed E-state index contributed by atoms with van der Waals surface area (Å²) in [6.45, 7) is 3.03. The standard InChI is InChI=1S/C29H23ClF3N3O3/c1-27(2)15-28(39,29(31,32)33)26(19-10-12-20(30)25(38)24(19)27)35-21-4-3-5-22-18(21)11-13-23(37)36(22)17-8-6-16(14-34)7-9-17/h3-13,26,35,38-39H,15H2,1-2H3. The molecule has 0 fully saturated rings. The third-order valence-corrected chi connectivity index (χ3v) is 7.63. The monoisotopic (exact) mass is 553 g/mol. The van der Waals surface area contributed by atoms with Gasteiger partial charge in [0.25, 0.3) is 5.56 Å². The van der Waals surface area contributed by atoms with Crippen molar-refractivity contribution in [2.75, 3.05) is 5.32 Å². The van der Waals surface area contributed by atoms with Crippen molar-refractivity contribution >= 4 is 28.2 Å². The second-order valence-electron chi connectivity index (χ2n) is 10.3. The fourth-order valence-corrected chi connectivity index (χ4v) is 5.78. The van der Waals surface area contributed by atoms with Crippen molar-refractivity contribution in [3.63, 3.8) is 0 Å². The zero-order valence-corrected chi connectivity index (χ0v) is 21.6. The largest absolute Gasteiger partial charge is 0.506 e. The maximum Gasteiger partial charge on any atom is 0.419 e. The van der Waals surface area contributed by atoms with Crippen LogP contribution in [0, 0.1) is 11.3 Å². The average Bonchev–Trinajstić information content (AvgIpc) is 2.87. The Labute approximate surface area is 226 Å². The van der Waals surface area contributed by atoms with E-state index in [1.807, 2.05) is 6.07 Å². The number of halogens is 4. The van der Waals surface area contributed by atoms with Gasteiger partial charge in [0.1, 0.15) is 5.75 Å². The summed E-state index contributed by atoms with van der Waals surface area (Å²) in [6, 6.07) is 16.9. The molecule has 0 saturated carbocycles. The number of aliphatic hydroxyl groups is 1. The van der Waals surface area contributed by atoms with Crippen molar-refractivity contribution in [2.45, 2.75) is 43.5 Å². The van der Waals surface area contributed by atoms with Gasteiger partial charge in [-0.05, 0) is 65.9 Å². The molecule has 5 rings (SSSR count). The van der Waals surface area contributed by atoms with Crippen LogP contribution < -0.4 is 10.9 Å². The number of benzene rings is 3. The van der Waals surface area contributed by atoms with Crippen molar-refractivity contribution in [1.82, 2.24) is 4.57 Å². The quantitative estimate of drug-likeness (QED) is 0.275. The van der Waals surface area contributed by atoms with Crippen LogP contribution in [0.1, 0.15) is 43.0 Å². The Morgan fingerprint density at radius 3 is 2.41 bits per heavy atom. The van der Waals surface area contributed by atoms with Crippen molar-refractivity contribution in [3.05, 3.63) is 98.8 Å². The van der Waals surface area contributed by atoms with Gasteiger partial charge < -0.3 is 15.5 Å². The number of pyridine rings is 1. The summed E-state index contributed by atoms with van der Waals surface area (Å²) >= 11 is 6.12. The molecule has 3 aromatic carbocycles. The minimum Gasteiger partial charge on any atom is -0.506 e. The molecule has 4 aromatic rings. The van der Waals surface area contributed by atoms with Gasteiger partial charge in [-0.25, -0.2) is 0 Å². The molecule has 200 valence electrons. The van der Waals surface area contributed by atoms with Crippen LogP contribution in [0.5, 0.6) is 5.75 Å². The van der Waals surface area contributed by atoms with Gasteiger partial charge in [-0.1, -0.05) is 37.6 Å². The van der Waals surface area contributed by atoms with E-state index in [9.17, 15) is 28.2 Å². The lowest BCUT2D eigenvalue weighted by Gasteiger charge is -2.49. The van der Waals surface area contributed by atoms with E-state index in [0.717, 1.165) is 0 Å². The smallest absolute Gasteiger partial charge is 0.419 e. The molecule has 0 aliphatic heterocycles. The van der Waals surface area contributed by atoms with Gasteiger partial charge in [0.15, 0.2) is 5.60 Å². The first-order chi connectivity index (χ1) is 18.3. The molecular weight excluding hydrogens is 531 g/mol. The predicted molar refractivity (Wildman–Crippen MR) is 142 cm³/mol. The molecule has 2 unspecified atom stereocenters. The van der Waals surface area contributed by atoms with Crippen molar-refractivity contribution in [1.29, 1.82) is 5.26 Å². The molecule has 1 heterocycles. The molecule has 0 amide bonds. The number of nitrogens with one attached hydrogen (secondary N) is 1. The molecule has 39 heavy (non-hydrogen) atoms. The lowest BCUT2D eigenvalue weighted by molar-refractivity contribution is -0.275. The minimum absolute atomic E-state index is 0.00498. The van der Waals surface area contributed by atoms with Crippen LogP contribution in [-0.2, 0) is 5.41 Å². The topological polar surface area (TPSA) is 98.3 Å². The van der Waals surface area contributed by atoms with E-state index in [1.54, 1.807) is 42.5 Å². The number of phenolic OH excluding ortho intramolecular Hbond substituents is 1. The number of fused-ring (bicyclic) bond motifs is 2. The predicted octanol–water partition coefficient (Wildman–Crippen LogP) is 6.35. The zero-order chi connectivity index (χ0) is 28.3. The molecule has 0 radical (unpaired) electrons. The van der Waals surface area contributed by atoms with Gasteiger partial charge in [-0.15, -0.1) is 0 Å². The third-order valence-electron chi connectivity index (χ3n) is 7.32. The second-order valence-corrected chi connectivity index (χ2v) is 10.7. The van der Waals surface area contributed by atoms with Crippen LogP contribution in [-0.4, -0.2) is 26.6 Å². The van der Waals surface area contributed by atoms with Gasteiger partial charge in [0.2, 0.25) is 0 Å². The fraction of sp³-hybridized carbons (Fsp3) is 0.241. The Morgan fingerprint density at radius 2 is 1.77 bits per heavy atom. The van der Waals surface area contributed by atoms with Gasteiger partial charge in [-0.3, -0.25) is 9.36 Å². The average molecular weight is 554 g/mol. The Bertz CT molecular complexity index is 1710. The molecule has 1 aliphatic rings. The van der Waals surface area contributed by atoms with E-state index in [2.05, 4.69) is 5.32 Å². The number of alkyl halides is 3. The van der Waals surface area contributed by atoms with Crippen LogP contribution in [0.25, 0.3) is 16.6 Å². The molecule has 3 N–H and O–H groups in total. The van der Waals surface area contributed by atoms with Crippen LogP contribution in [0.3, 0.4) is 0 Å². The number of phenols is 1. The highest BCUT2D eigenvalue weighted by Crippen LogP contribution is 2.57. The SMILES string of the molecule is CC1(C)CC(O)(C(F)(F)F)C(Nc2cccc3c2ccc(=O)n3-c2ccc(C#N)cc2)c2ccc(Cl)c(O)c21. The first-order valence-electron chi connectivity index (χ1n) is 12.0. The van der Waals surface area contributed by atoms with E-state index in [-0.39, 0.29) is 33.1 Å². The number of rotatable bonds is 3. The summed E-state index contributed by atoms with van der Waals surface area (Å²) in [5, 5.41) is 34.5. The first-order valence-corrected chi connectivity index (χ1v) is 12.4. The van der Waals surface area contributed by atoms with Crippen LogP contribution in [0.2, 0.25) is 5.02 Å². The van der Waals surface area contributed by atoms with Crippen LogP contribution in [0.4, 0.5) is 18.9 Å². The van der Waals surface area contributed by atoms with Gasteiger partial charge in [0, 0.05) is 28.4 Å². The molecule has 1 aromatic heterocycles. The highest BCUT2D eigenvalue weighted by atomic mass is 35.5. The Kier molecular flexibility index (Phi) is 6.17. The van der Waals surface area contributed by atoms with Crippen LogP contribution in [0.15, 0.2) is 71.5 Å². The molecule has 6 nitrogen and oxygen atoms in total. The van der Waals surface area contributed by atoms with Crippen molar-refractivity contribution in [2.24, 2.45) is 0 Å². The minimum atomic E-state index is -5.02. The summed E-state index contributed by atoms with van der Waals surface area (Å²) in [5.74, 6) is -0.331. The van der Waals surface area contributed by atoms with Crippen LogP contribution >= 0.6 is 11.6 Å². The number of hydrogen-bond acceptors (Lipinski definition) is 5. The van der Waals surface area contributed by atoms with Gasteiger partial charge >= 0.3 is 6.18 Å². The lowest BCUT2D eigenvalue weighted by atomic mass is 9.63. The number of nitriles is 1. The van der Waals surface area contributed by atoms with E-state index in [4.69, 9.17) is 16.9 Å². The Hall–Kier alpha value is -4.00. The summed E-state index contributed by atoms with van der Waals surface area (Å²) < 4.78 is 45.1. The normalized spacial score (nSPS) is 20.3. The third kappa shape index (κ3) is 4.20. The maximum atomic E-state index is 14.6. The molecule has 10 heteroatoms. The van der Waals surface area contributed by atoms with E-state index in [1.165, 1.54) is 42.7 Å². The summed E-state index contributed by atoms with van der Waals surface area (Å²) in [5.41, 5.74) is -3.04. The highest BCUT2D eigenvalue weighted by molar-refractivity contribution is 6.32. The Morgan fingerprint density at radius 1 is 1.08 bits per heavy atom. The van der Waals surface area contributed by atoms with E-state index in [0.29, 0.717) is 22.2 Å². The number of aromatic nitrogens is 1. The van der Waals surface area contributed by atoms with Crippen molar-refractivity contribution < 1.29 is 23.4 Å². The molecule has 0 bridgehead atoms. The van der Waals surface area contributed by atoms with Crippen molar-refractivity contribution in [3.8, 4) is 17.5 Å². The molecule has 1 aliphatic carbocycles. The zero-order valence-electron chi connectivity index (χ0n) is 20.8. The molecule has 0 spiro atoms. The van der Waals surface area contributed by atoms with Gasteiger partial charge in [0.05, 0.1) is 28.2 Å². The molecular formula is C29H23ClF3N3O3. The summed E-state index contributed by atoms with van der Waals surface area (Å²) in [7, 11) is 0. The second kappa shape index (κ2) is 9.04. The Balaban J connectivity index is 1.72. The molecule has 0 saturated heterocycles. The maximum absolute atomic E-state index is 14.6. The first kappa shape index (κ1) is 26.6. The molecule has 2 atom stereocenters. The summed E-state index contributed by atoms with van der Waals surface area (Å²) in [4.78, 5) is 12.9. The summed E-state index contributed by atoms with van der Waals surface area (Å²) in [6.07, 6.45) is -5.76. The lowest BCUT2D eigenvalue weighted by Crippen LogP contribution is -2.58. The van der Waals surface area contributed by atoms with E-state index >= 15 is 0 Å². The number of hydrogen-bond donors (Lipinski definition) is 3. The van der Waals surface area contributed by atoms with E-state index < -0.39 is 29.7 Å². The highest BCUT2D eigenvalue weighted by Gasteiger charge is 2.64. The number of nitrogens with zero attached hydrogens (tertiary/aromatic N) is 2. The van der Waals surface area contributed by atoms with Gasteiger partial charge in [-0.2, -0.15) is 18.4 Å². The number of anilines is 1.